The van der Waals surface area contributed by atoms with Crippen molar-refractivity contribution in [1.82, 2.24) is 0 Å². The summed E-state index contributed by atoms with van der Waals surface area (Å²) in [5.74, 6) is 0.131. The van der Waals surface area contributed by atoms with Crippen LogP contribution in [0, 0.1) is 5.92 Å². The number of alkyl halides is 3. The number of carbonyl (C=O) groups is 1. The van der Waals surface area contributed by atoms with E-state index < -0.39 is 11.7 Å². The van der Waals surface area contributed by atoms with Crippen LogP contribution in [0.5, 0.6) is 0 Å². The molecule has 0 unspecified atom stereocenters. The number of nitrogens with one attached hydrogen (secondary N) is 1. The minimum Gasteiger partial charge on any atom is -0.326 e. The molecule has 0 aromatic heterocycles. The Morgan fingerprint density at radius 2 is 1.95 bits per heavy atom. The lowest BCUT2D eigenvalue weighted by Gasteiger charge is -2.24. The number of halogens is 4. The standard InChI is InChI=1S/C14H17F3N2O.ClH/c15-14(16,17)11-4-10(8-18)5-12(7-11)19-13(20)6-9-2-1-3-9;/h4-5,7,9H,1-3,6,8,18H2,(H,19,20);1H. The van der Waals surface area contributed by atoms with Gasteiger partial charge in [0.15, 0.2) is 0 Å². The Morgan fingerprint density at radius 3 is 2.43 bits per heavy atom. The van der Waals surface area contributed by atoms with Crippen LogP contribution in [0.2, 0.25) is 0 Å². The van der Waals surface area contributed by atoms with Crippen molar-refractivity contribution in [3.8, 4) is 0 Å². The van der Waals surface area contributed by atoms with Gasteiger partial charge in [-0.2, -0.15) is 13.2 Å². The summed E-state index contributed by atoms with van der Waals surface area (Å²) in [7, 11) is 0. The van der Waals surface area contributed by atoms with Gasteiger partial charge in [-0.05, 0) is 42.5 Å². The van der Waals surface area contributed by atoms with Crippen molar-refractivity contribution in [1.29, 1.82) is 0 Å². The molecule has 0 saturated heterocycles. The average Bonchev–Trinajstić information content (AvgIpc) is 2.32. The molecule has 0 bridgehead atoms. The second-order valence-corrected chi connectivity index (χ2v) is 5.17. The van der Waals surface area contributed by atoms with Gasteiger partial charge in [0, 0.05) is 18.7 Å². The van der Waals surface area contributed by atoms with E-state index in [9.17, 15) is 18.0 Å². The van der Waals surface area contributed by atoms with Crippen molar-refractivity contribution in [2.75, 3.05) is 5.32 Å². The van der Waals surface area contributed by atoms with Crippen molar-refractivity contribution in [3.63, 3.8) is 0 Å². The number of anilines is 1. The van der Waals surface area contributed by atoms with E-state index in [0.717, 1.165) is 31.4 Å². The molecule has 0 spiro atoms. The Morgan fingerprint density at radius 1 is 1.29 bits per heavy atom. The monoisotopic (exact) mass is 322 g/mol. The highest BCUT2D eigenvalue weighted by molar-refractivity contribution is 5.91. The molecule has 21 heavy (non-hydrogen) atoms. The summed E-state index contributed by atoms with van der Waals surface area (Å²) in [6, 6.07) is 3.42. The average molecular weight is 323 g/mol. The maximum atomic E-state index is 12.7. The number of benzene rings is 1. The molecule has 1 aliphatic carbocycles. The first-order valence-electron chi connectivity index (χ1n) is 6.59. The lowest BCUT2D eigenvalue weighted by Crippen LogP contribution is -2.21. The molecule has 0 atom stereocenters. The second-order valence-electron chi connectivity index (χ2n) is 5.17. The Kier molecular flexibility index (Phi) is 6.04. The first kappa shape index (κ1) is 17.8. The van der Waals surface area contributed by atoms with E-state index in [1.807, 2.05) is 0 Å². The zero-order chi connectivity index (χ0) is 14.8. The van der Waals surface area contributed by atoms with Crippen molar-refractivity contribution in [3.05, 3.63) is 29.3 Å². The molecule has 3 N–H and O–H groups in total. The summed E-state index contributed by atoms with van der Waals surface area (Å²) in [5.41, 5.74) is 5.10. The van der Waals surface area contributed by atoms with E-state index in [0.29, 0.717) is 17.9 Å². The topological polar surface area (TPSA) is 55.1 Å². The first-order chi connectivity index (χ1) is 9.38. The lowest BCUT2D eigenvalue weighted by molar-refractivity contribution is -0.137. The Labute approximate surface area is 127 Å². The van der Waals surface area contributed by atoms with Crippen LogP contribution in [0.1, 0.15) is 36.8 Å². The van der Waals surface area contributed by atoms with Crippen LogP contribution in [-0.4, -0.2) is 5.91 Å². The maximum Gasteiger partial charge on any atom is 0.416 e. The van der Waals surface area contributed by atoms with Crippen molar-refractivity contribution in [2.24, 2.45) is 11.7 Å². The number of hydrogen-bond acceptors (Lipinski definition) is 2. The third kappa shape index (κ3) is 4.89. The zero-order valence-corrected chi connectivity index (χ0v) is 12.2. The van der Waals surface area contributed by atoms with E-state index in [2.05, 4.69) is 5.32 Å². The number of carbonyl (C=O) groups excluding carboxylic acids is 1. The number of amides is 1. The molecule has 2 rings (SSSR count). The van der Waals surface area contributed by atoms with Crippen LogP contribution in [0.3, 0.4) is 0 Å². The van der Waals surface area contributed by atoms with Crippen LogP contribution >= 0.6 is 12.4 Å². The smallest absolute Gasteiger partial charge is 0.326 e. The Bertz CT molecular complexity index is 501. The third-order valence-corrected chi connectivity index (χ3v) is 3.54. The predicted molar refractivity (Wildman–Crippen MR) is 77.2 cm³/mol. The van der Waals surface area contributed by atoms with Gasteiger partial charge >= 0.3 is 6.18 Å². The highest BCUT2D eigenvalue weighted by Crippen LogP contribution is 2.33. The Balaban J connectivity index is 0.00000220. The van der Waals surface area contributed by atoms with Gasteiger partial charge in [0.1, 0.15) is 0 Å². The largest absolute Gasteiger partial charge is 0.416 e. The minimum absolute atomic E-state index is 0. The predicted octanol–water partition coefficient (Wildman–Crippen LogP) is 3.71. The van der Waals surface area contributed by atoms with E-state index in [-0.39, 0.29) is 30.5 Å². The van der Waals surface area contributed by atoms with Gasteiger partial charge in [0.25, 0.3) is 0 Å². The number of nitrogens with two attached hydrogens (primary N) is 1. The summed E-state index contributed by atoms with van der Waals surface area (Å²) >= 11 is 0. The van der Waals surface area contributed by atoms with Crippen LogP contribution in [0.15, 0.2) is 18.2 Å². The van der Waals surface area contributed by atoms with E-state index in [1.54, 1.807) is 0 Å². The van der Waals surface area contributed by atoms with E-state index >= 15 is 0 Å². The second kappa shape index (κ2) is 7.13. The van der Waals surface area contributed by atoms with Gasteiger partial charge in [-0.3, -0.25) is 4.79 Å². The van der Waals surface area contributed by atoms with Crippen LogP contribution < -0.4 is 11.1 Å². The molecular formula is C14H18ClF3N2O. The maximum absolute atomic E-state index is 12.7. The minimum atomic E-state index is -4.45. The van der Waals surface area contributed by atoms with Crippen molar-refractivity contribution < 1.29 is 18.0 Å². The van der Waals surface area contributed by atoms with E-state index in [4.69, 9.17) is 5.73 Å². The van der Waals surface area contributed by atoms with E-state index in [1.165, 1.54) is 6.07 Å². The molecule has 0 aliphatic heterocycles. The van der Waals surface area contributed by atoms with Crippen molar-refractivity contribution >= 4 is 24.0 Å². The van der Waals surface area contributed by atoms with Crippen molar-refractivity contribution in [2.45, 2.75) is 38.4 Å². The molecule has 7 heteroatoms. The van der Waals surface area contributed by atoms with Crippen LogP contribution in [-0.2, 0) is 17.5 Å². The molecule has 3 nitrogen and oxygen atoms in total. The molecule has 1 saturated carbocycles. The molecule has 1 aromatic carbocycles. The summed E-state index contributed by atoms with van der Waals surface area (Å²) in [5, 5.41) is 2.53. The van der Waals surface area contributed by atoms with Crippen LogP contribution in [0.4, 0.5) is 18.9 Å². The summed E-state index contributed by atoms with van der Waals surface area (Å²) in [6.07, 6.45) is -0.917. The highest BCUT2D eigenvalue weighted by Gasteiger charge is 2.31. The molecule has 1 amide bonds. The molecule has 0 radical (unpaired) electrons. The van der Waals surface area contributed by atoms with Gasteiger partial charge in [0.05, 0.1) is 5.56 Å². The van der Waals surface area contributed by atoms with Gasteiger partial charge in [-0.15, -0.1) is 12.4 Å². The fraction of sp³-hybridized carbons (Fsp3) is 0.500. The van der Waals surface area contributed by atoms with Gasteiger partial charge in [-0.25, -0.2) is 0 Å². The molecular weight excluding hydrogens is 305 g/mol. The molecule has 1 fully saturated rings. The number of rotatable bonds is 4. The molecule has 1 aromatic rings. The van der Waals surface area contributed by atoms with Gasteiger partial charge in [0.2, 0.25) is 5.91 Å². The third-order valence-electron chi connectivity index (χ3n) is 3.54. The number of hydrogen-bond donors (Lipinski definition) is 2. The zero-order valence-electron chi connectivity index (χ0n) is 11.4. The fourth-order valence-corrected chi connectivity index (χ4v) is 2.22. The summed E-state index contributed by atoms with van der Waals surface area (Å²) in [6.45, 7) is -0.00455. The fourth-order valence-electron chi connectivity index (χ4n) is 2.22. The molecule has 118 valence electrons. The highest BCUT2D eigenvalue weighted by atomic mass is 35.5. The van der Waals surface area contributed by atoms with Gasteiger partial charge in [-0.1, -0.05) is 6.42 Å². The molecule has 0 heterocycles. The lowest BCUT2D eigenvalue weighted by atomic mass is 9.83. The van der Waals surface area contributed by atoms with Crippen LogP contribution in [0.25, 0.3) is 0 Å². The van der Waals surface area contributed by atoms with Gasteiger partial charge < -0.3 is 11.1 Å². The first-order valence-corrected chi connectivity index (χ1v) is 6.59. The SMILES string of the molecule is Cl.NCc1cc(NC(=O)CC2CCC2)cc(C(F)(F)F)c1. The summed E-state index contributed by atoms with van der Waals surface area (Å²) < 4.78 is 38.2. The summed E-state index contributed by atoms with van der Waals surface area (Å²) in [4.78, 5) is 11.8. The Hall–Kier alpha value is -1.27. The molecule has 1 aliphatic rings. The quantitative estimate of drug-likeness (QED) is 0.887. The normalized spacial score (nSPS) is 15.0.